The van der Waals surface area contributed by atoms with Crippen molar-refractivity contribution in [2.75, 3.05) is 6.54 Å². The van der Waals surface area contributed by atoms with Crippen LogP contribution in [-0.4, -0.2) is 22.3 Å². The molecule has 1 N–H and O–H groups in total. The summed E-state index contributed by atoms with van der Waals surface area (Å²) in [6.07, 6.45) is 0.801. The van der Waals surface area contributed by atoms with E-state index in [1.54, 1.807) is 6.07 Å². The lowest BCUT2D eigenvalue weighted by molar-refractivity contribution is 0.0692. The maximum atomic E-state index is 13.4. The molecule has 4 aromatic rings. The number of rotatable bonds is 2. The Labute approximate surface area is 178 Å². The SMILES string of the molecule is O=C(c1ccccc1)N1CCc2c([nH]c3ccccc23)C1c1ccc(Cl)c(Cl)c1. The van der Waals surface area contributed by atoms with Crippen molar-refractivity contribution < 1.29 is 4.79 Å². The van der Waals surface area contributed by atoms with Crippen LogP contribution < -0.4 is 0 Å². The number of carbonyl (C=O) groups excluding carboxylic acids is 1. The summed E-state index contributed by atoms with van der Waals surface area (Å²) in [5, 5.41) is 2.20. The van der Waals surface area contributed by atoms with Gasteiger partial charge < -0.3 is 9.88 Å². The van der Waals surface area contributed by atoms with Crippen molar-refractivity contribution in [3.8, 4) is 0 Å². The topological polar surface area (TPSA) is 36.1 Å². The molecule has 1 unspecified atom stereocenters. The quantitative estimate of drug-likeness (QED) is 0.407. The molecule has 0 bridgehead atoms. The maximum Gasteiger partial charge on any atom is 0.254 e. The third-order valence-electron chi connectivity index (χ3n) is 5.58. The van der Waals surface area contributed by atoms with Gasteiger partial charge in [0.2, 0.25) is 0 Å². The second-order valence-electron chi connectivity index (χ2n) is 7.25. The fourth-order valence-electron chi connectivity index (χ4n) is 4.24. The number of benzene rings is 3. The van der Waals surface area contributed by atoms with Gasteiger partial charge >= 0.3 is 0 Å². The van der Waals surface area contributed by atoms with Crippen molar-refractivity contribution in [3.05, 3.63) is 105 Å². The van der Waals surface area contributed by atoms with Gasteiger partial charge in [0.1, 0.15) is 0 Å². The number of amides is 1. The highest BCUT2D eigenvalue weighted by molar-refractivity contribution is 6.42. The molecule has 0 radical (unpaired) electrons. The summed E-state index contributed by atoms with van der Waals surface area (Å²) in [5.41, 5.74) is 5.00. The van der Waals surface area contributed by atoms with Crippen molar-refractivity contribution in [3.63, 3.8) is 0 Å². The van der Waals surface area contributed by atoms with Crippen LogP contribution in [0.4, 0.5) is 0 Å². The fraction of sp³-hybridized carbons (Fsp3) is 0.125. The predicted molar refractivity (Wildman–Crippen MR) is 118 cm³/mol. The molecule has 144 valence electrons. The van der Waals surface area contributed by atoms with Crippen LogP contribution >= 0.6 is 23.2 Å². The zero-order valence-electron chi connectivity index (χ0n) is 15.5. The smallest absolute Gasteiger partial charge is 0.254 e. The minimum absolute atomic E-state index is 0.00554. The second kappa shape index (κ2) is 7.25. The fourth-order valence-corrected chi connectivity index (χ4v) is 4.54. The molecular formula is C24H18Cl2N2O. The summed E-state index contributed by atoms with van der Waals surface area (Å²) in [6.45, 7) is 0.632. The van der Waals surface area contributed by atoms with Crippen LogP contribution in [-0.2, 0) is 6.42 Å². The van der Waals surface area contributed by atoms with Gasteiger partial charge in [-0.1, -0.05) is 65.7 Å². The van der Waals surface area contributed by atoms with Gasteiger partial charge in [0.25, 0.3) is 5.91 Å². The molecule has 0 aliphatic carbocycles. The van der Waals surface area contributed by atoms with Gasteiger partial charge in [0.05, 0.1) is 16.1 Å². The first-order valence-corrected chi connectivity index (χ1v) is 10.3. The number of hydrogen-bond donors (Lipinski definition) is 1. The predicted octanol–water partition coefficient (Wildman–Crippen LogP) is 6.26. The largest absolute Gasteiger partial charge is 0.356 e. The monoisotopic (exact) mass is 420 g/mol. The van der Waals surface area contributed by atoms with Gasteiger partial charge in [-0.05, 0) is 47.9 Å². The van der Waals surface area contributed by atoms with E-state index in [-0.39, 0.29) is 11.9 Å². The van der Waals surface area contributed by atoms with Crippen molar-refractivity contribution in [2.24, 2.45) is 0 Å². The van der Waals surface area contributed by atoms with Crippen molar-refractivity contribution in [2.45, 2.75) is 12.5 Å². The highest BCUT2D eigenvalue weighted by Crippen LogP contribution is 2.40. The van der Waals surface area contributed by atoms with Crippen molar-refractivity contribution >= 4 is 40.0 Å². The Morgan fingerprint density at radius 2 is 1.69 bits per heavy atom. The lowest BCUT2D eigenvalue weighted by atomic mass is 9.91. The summed E-state index contributed by atoms with van der Waals surface area (Å²) >= 11 is 12.5. The van der Waals surface area contributed by atoms with Crippen LogP contribution in [0.5, 0.6) is 0 Å². The number of fused-ring (bicyclic) bond motifs is 3. The van der Waals surface area contributed by atoms with E-state index in [1.165, 1.54) is 10.9 Å². The molecular weight excluding hydrogens is 403 g/mol. The molecule has 0 spiro atoms. The average Bonchev–Trinajstić information content (AvgIpc) is 3.14. The highest BCUT2D eigenvalue weighted by Gasteiger charge is 2.35. The Morgan fingerprint density at radius 1 is 0.931 bits per heavy atom. The van der Waals surface area contributed by atoms with Gasteiger partial charge in [0.15, 0.2) is 0 Å². The molecule has 1 aromatic heterocycles. The second-order valence-corrected chi connectivity index (χ2v) is 8.07. The Balaban J connectivity index is 1.69. The molecule has 5 rings (SSSR count). The van der Waals surface area contributed by atoms with Gasteiger partial charge in [-0.2, -0.15) is 0 Å². The standard InChI is InChI=1S/C24H18Cl2N2O/c25-19-11-10-16(14-20(19)26)23-22-18(17-8-4-5-9-21(17)27-22)12-13-28(23)24(29)15-6-2-1-3-7-15/h1-11,14,23,27H,12-13H2. The van der Waals surface area contributed by atoms with Crippen LogP contribution in [0, 0.1) is 0 Å². The third kappa shape index (κ3) is 3.11. The number of nitrogens with one attached hydrogen (secondary N) is 1. The van der Waals surface area contributed by atoms with E-state index in [2.05, 4.69) is 17.1 Å². The summed E-state index contributed by atoms with van der Waals surface area (Å²) in [5.74, 6) is 0.00554. The molecule has 3 nitrogen and oxygen atoms in total. The van der Waals surface area contributed by atoms with Gasteiger partial charge in [0, 0.05) is 28.7 Å². The molecule has 3 aromatic carbocycles. The third-order valence-corrected chi connectivity index (χ3v) is 6.31. The number of H-pyrrole nitrogens is 1. The summed E-state index contributed by atoms with van der Waals surface area (Å²) < 4.78 is 0. The zero-order chi connectivity index (χ0) is 20.0. The Morgan fingerprint density at radius 3 is 2.48 bits per heavy atom. The molecule has 2 heterocycles. The van der Waals surface area contributed by atoms with Crippen LogP contribution in [0.3, 0.4) is 0 Å². The summed E-state index contributed by atoms with van der Waals surface area (Å²) in [4.78, 5) is 18.9. The Bertz CT molecular complexity index is 1220. The number of aromatic amines is 1. The minimum Gasteiger partial charge on any atom is -0.356 e. The lowest BCUT2D eigenvalue weighted by Crippen LogP contribution is -2.40. The first kappa shape index (κ1) is 18.3. The Hall–Kier alpha value is -2.75. The van der Waals surface area contributed by atoms with E-state index in [9.17, 15) is 4.79 Å². The summed E-state index contributed by atoms with van der Waals surface area (Å²) in [6, 6.07) is 23.0. The van der Waals surface area contributed by atoms with Crippen molar-refractivity contribution in [1.82, 2.24) is 9.88 Å². The minimum atomic E-state index is -0.256. The van der Waals surface area contributed by atoms with Crippen LogP contribution in [0.1, 0.15) is 33.2 Å². The van der Waals surface area contributed by atoms with Gasteiger partial charge in [-0.25, -0.2) is 0 Å². The molecule has 1 aliphatic rings. The van der Waals surface area contributed by atoms with E-state index in [0.29, 0.717) is 22.2 Å². The van der Waals surface area contributed by atoms with Crippen LogP contribution in [0.25, 0.3) is 10.9 Å². The summed E-state index contributed by atoms with van der Waals surface area (Å²) in [7, 11) is 0. The lowest BCUT2D eigenvalue weighted by Gasteiger charge is -2.36. The number of carbonyl (C=O) groups is 1. The van der Waals surface area contributed by atoms with Gasteiger partial charge in [-0.3, -0.25) is 4.79 Å². The van der Waals surface area contributed by atoms with E-state index in [0.717, 1.165) is 23.2 Å². The van der Waals surface area contributed by atoms with E-state index in [1.807, 2.05) is 59.5 Å². The number of halogens is 2. The molecule has 1 aliphatic heterocycles. The first-order chi connectivity index (χ1) is 14.1. The number of nitrogens with zero attached hydrogens (tertiary/aromatic N) is 1. The molecule has 1 amide bonds. The van der Waals surface area contributed by atoms with Crippen LogP contribution in [0.15, 0.2) is 72.8 Å². The highest BCUT2D eigenvalue weighted by atomic mass is 35.5. The molecule has 0 saturated carbocycles. The van der Waals surface area contributed by atoms with Crippen molar-refractivity contribution in [1.29, 1.82) is 0 Å². The molecule has 1 atom stereocenters. The first-order valence-electron chi connectivity index (χ1n) is 9.54. The molecule has 29 heavy (non-hydrogen) atoms. The average molecular weight is 421 g/mol. The van der Waals surface area contributed by atoms with E-state index >= 15 is 0 Å². The normalized spacial score (nSPS) is 16.1. The van der Waals surface area contributed by atoms with E-state index < -0.39 is 0 Å². The maximum absolute atomic E-state index is 13.4. The van der Waals surface area contributed by atoms with Gasteiger partial charge in [-0.15, -0.1) is 0 Å². The zero-order valence-corrected chi connectivity index (χ0v) is 17.0. The molecule has 0 fully saturated rings. The van der Waals surface area contributed by atoms with E-state index in [4.69, 9.17) is 23.2 Å². The molecule has 0 saturated heterocycles. The number of hydrogen-bond acceptors (Lipinski definition) is 1. The Kier molecular flexibility index (Phi) is 4.57. The number of aromatic nitrogens is 1. The van der Waals surface area contributed by atoms with Crippen LogP contribution in [0.2, 0.25) is 10.0 Å². The number of para-hydroxylation sites is 1. The molecule has 5 heteroatoms.